The van der Waals surface area contributed by atoms with E-state index < -0.39 is 5.41 Å². The number of nitrogens with zero attached hydrogens (tertiary/aromatic N) is 4. The van der Waals surface area contributed by atoms with E-state index in [1.165, 1.54) is 61.2 Å². The van der Waals surface area contributed by atoms with Crippen LogP contribution in [0.5, 0.6) is 11.5 Å². The van der Waals surface area contributed by atoms with Crippen molar-refractivity contribution in [1.82, 2.24) is 9.55 Å². The van der Waals surface area contributed by atoms with Crippen LogP contribution in [0.2, 0.25) is 0 Å². The summed E-state index contributed by atoms with van der Waals surface area (Å²) in [6, 6.07) is 81.6. The molecule has 0 aliphatic carbocycles. The maximum absolute atomic E-state index is 7.43. The van der Waals surface area contributed by atoms with Gasteiger partial charge in [0.2, 0.25) is 0 Å². The second-order valence-corrected chi connectivity index (χ2v) is 28.7. The van der Waals surface area contributed by atoms with Gasteiger partial charge in [-0.2, -0.15) is 0 Å². The van der Waals surface area contributed by atoms with Crippen LogP contribution in [-0.4, -0.2) is 9.55 Å². The molecule has 11 aromatic rings. The first-order chi connectivity index (χ1) is 41.8. The molecule has 0 fully saturated rings. The van der Waals surface area contributed by atoms with Crippen LogP contribution in [-0.2, 0) is 48.1 Å². The Bertz CT molecular complexity index is 4290. The Morgan fingerprint density at radius 3 is 1.52 bits per heavy atom. The number of fused-ring (bicyclic) bond motifs is 4. The Labute approximate surface area is 545 Å². The van der Waals surface area contributed by atoms with Crippen LogP contribution < -0.4 is 14.5 Å². The fraction of sp³-hybridized carbons (Fsp3) is 0.277. The summed E-state index contributed by atoms with van der Waals surface area (Å²) in [6.07, 6.45) is 1.94. The Balaban J connectivity index is 0.00000817. The molecular weight excluding hydrogens is 1260 g/mol. The van der Waals surface area contributed by atoms with E-state index in [0.29, 0.717) is 23.3 Å². The molecule has 0 bridgehead atoms. The van der Waals surface area contributed by atoms with Gasteiger partial charge in [-0.15, -0.1) is 53.8 Å². The fourth-order valence-corrected chi connectivity index (χ4v) is 13.2. The van der Waals surface area contributed by atoms with Gasteiger partial charge in [0.1, 0.15) is 5.82 Å². The minimum Gasteiger partial charge on any atom is -0.509 e. The minimum atomic E-state index is -0.453. The van der Waals surface area contributed by atoms with Crippen molar-refractivity contribution < 1.29 is 25.8 Å². The first-order valence-electron chi connectivity index (χ1n) is 31.6. The van der Waals surface area contributed by atoms with Crippen molar-refractivity contribution >= 4 is 44.6 Å². The van der Waals surface area contributed by atoms with Crippen LogP contribution in [0.25, 0.3) is 38.8 Å². The van der Waals surface area contributed by atoms with E-state index in [1.54, 1.807) is 0 Å². The molecule has 1 aliphatic rings. The van der Waals surface area contributed by atoms with Crippen molar-refractivity contribution in [2.75, 3.05) is 9.80 Å². The van der Waals surface area contributed by atoms with E-state index in [0.717, 1.165) is 55.9 Å². The monoisotopic (exact) mass is 1350 g/mol. The van der Waals surface area contributed by atoms with Crippen LogP contribution in [0.4, 0.5) is 22.7 Å². The molecule has 2 aromatic heterocycles. The Hall–Kier alpha value is -7.98. The summed E-state index contributed by atoms with van der Waals surface area (Å²) in [5.74, 6) is 2.68. The molecule has 0 radical (unpaired) electrons. The molecule has 12 rings (SSSR count). The van der Waals surface area contributed by atoms with Crippen molar-refractivity contribution in [2.24, 2.45) is 0 Å². The molecule has 0 spiro atoms. The zero-order valence-electron chi connectivity index (χ0n) is 54.9. The number of rotatable bonds is 14. The largest absolute Gasteiger partial charge is 0.509 e. The molecule has 0 saturated carbocycles. The van der Waals surface area contributed by atoms with Crippen molar-refractivity contribution in [3.05, 3.63) is 281 Å². The molecule has 0 saturated heterocycles. The second kappa shape index (κ2) is 23.8. The predicted octanol–water partition coefficient (Wildman–Crippen LogP) is 22.5. The number of pyridine rings is 1. The SMILES string of the molecule is CC(C)c1cccc(C(C)C)c1-c1ccc2c(c1)N(c1[c-]c(Oc3[c-]c4c(c(C(C)(C)C)c3)c3ccccc3n4-c3cc(C(C)(C)C)ccn3)cc(C(C)(C)c3ccccc3)c1)[CH-]N2c1cc(C(C)(C)c2ccccc2)cc(C(C)(C)c2ccccc2)c1.[Pt]. The third-order valence-corrected chi connectivity index (χ3v) is 18.9. The molecule has 0 atom stereocenters. The molecule has 456 valence electrons. The first-order valence-corrected chi connectivity index (χ1v) is 31.6. The summed E-state index contributed by atoms with van der Waals surface area (Å²) in [4.78, 5) is 9.84. The third-order valence-electron chi connectivity index (χ3n) is 18.9. The Kier molecular flexibility index (Phi) is 16.7. The smallest absolute Gasteiger partial charge is 0.135 e. The fourth-order valence-electron chi connectivity index (χ4n) is 13.2. The molecule has 1 aliphatic heterocycles. The second-order valence-electron chi connectivity index (χ2n) is 28.7. The van der Waals surface area contributed by atoms with Crippen molar-refractivity contribution in [3.63, 3.8) is 0 Å². The molecule has 9 aromatic carbocycles. The molecule has 89 heavy (non-hydrogen) atoms. The van der Waals surface area contributed by atoms with Crippen LogP contribution in [0, 0.1) is 18.8 Å². The van der Waals surface area contributed by atoms with Gasteiger partial charge in [0.15, 0.2) is 0 Å². The number of hydrogen-bond donors (Lipinski definition) is 0. The quantitative estimate of drug-likeness (QED) is 0.102. The number of aromatic nitrogens is 2. The average Bonchev–Trinajstić information content (AvgIpc) is 1.66. The van der Waals surface area contributed by atoms with Crippen LogP contribution in [0.15, 0.2) is 206 Å². The Morgan fingerprint density at radius 2 is 0.978 bits per heavy atom. The van der Waals surface area contributed by atoms with E-state index in [4.69, 9.17) is 9.72 Å². The maximum Gasteiger partial charge on any atom is 0.135 e. The van der Waals surface area contributed by atoms with Gasteiger partial charge in [-0.05, 0) is 132 Å². The van der Waals surface area contributed by atoms with Gasteiger partial charge in [0, 0.05) is 72.2 Å². The summed E-state index contributed by atoms with van der Waals surface area (Å²) in [5, 5.41) is 2.30. The molecule has 3 heterocycles. The zero-order valence-corrected chi connectivity index (χ0v) is 57.1. The number of anilines is 4. The van der Waals surface area contributed by atoms with Crippen LogP contribution in [0.3, 0.4) is 0 Å². The van der Waals surface area contributed by atoms with E-state index in [-0.39, 0.29) is 42.7 Å². The summed E-state index contributed by atoms with van der Waals surface area (Å²) in [5.41, 5.74) is 19.4. The number of ether oxygens (including phenoxy) is 1. The average molecular weight is 1350 g/mol. The minimum absolute atomic E-state index is 0. The summed E-state index contributed by atoms with van der Waals surface area (Å²) in [7, 11) is 0. The molecule has 0 unspecified atom stereocenters. The molecule has 0 N–H and O–H groups in total. The number of para-hydroxylation sites is 1. The summed E-state index contributed by atoms with van der Waals surface area (Å²) >= 11 is 0. The molecular formula is C83H85N4OPt-3. The van der Waals surface area contributed by atoms with E-state index in [1.807, 2.05) is 6.20 Å². The van der Waals surface area contributed by atoms with Gasteiger partial charge in [-0.25, -0.2) is 4.98 Å². The summed E-state index contributed by atoms with van der Waals surface area (Å²) < 4.78 is 9.70. The van der Waals surface area contributed by atoms with E-state index in [2.05, 4.69) is 344 Å². The van der Waals surface area contributed by atoms with Gasteiger partial charge in [0.25, 0.3) is 0 Å². The molecule has 5 nitrogen and oxygen atoms in total. The van der Waals surface area contributed by atoms with Gasteiger partial charge in [-0.3, -0.25) is 0 Å². The summed E-state index contributed by atoms with van der Waals surface area (Å²) in [6.45, 7) is 39.2. The van der Waals surface area contributed by atoms with Gasteiger partial charge >= 0.3 is 0 Å². The first kappa shape index (κ1) is 62.6. The maximum atomic E-state index is 7.43. The molecule has 0 amide bonds. The predicted molar refractivity (Wildman–Crippen MR) is 371 cm³/mol. The van der Waals surface area contributed by atoms with Crippen molar-refractivity contribution in [3.8, 4) is 28.4 Å². The van der Waals surface area contributed by atoms with Crippen molar-refractivity contribution in [2.45, 2.75) is 150 Å². The standard InChI is InChI=1S/C83H85N4O.Pt/c1-54(2)68-36-28-37-69(55(3)4)77(68)56-39-40-73-74(43-56)86(53-85(73)64-45-61(81(11,12)57-29-20-17-21-30-57)44-62(46-64)82(13,14)58-31-22-18-23-32-58)65-47-63(83(15,16)59-33-24-19-25-34-59)48-66(50-65)88-67-51-71(80(8,9)10)78-70-35-26-27-38-72(70)87(75(78)52-67)76-49-60(41-42-84-76)79(5,6)7;/h17-49,51,53-55H,1-16H3;/q-3;. The third kappa shape index (κ3) is 11.7. The van der Waals surface area contributed by atoms with Crippen LogP contribution >= 0.6 is 0 Å². The molecule has 6 heteroatoms. The zero-order chi connectivity index (χ0) is 62.2. The number of benzene rings is 9. The Morgan fingerprint density at radius 1 is 0.449 bits per heavy atom. The van der Waals surface area contributed by atoms with Gasteiger partial charge in [-0.1, -0.05) is 261 Å². The topological polar surface area (TPSA) is 33.5 Å². The normalized spacial score (nSPS) is 13.2. The van der Waals surface area contributed by atoms with E-state index in [9.17, 15) is 0 Å². The van der Waals surface area contributed by atoms with Gasteiger partial charge in [0.05, 0.1) is 0 Å². The van der Waals surface area contributed by atoms with E-state index >= 15 is 0 Å². The number of hydrogen-bond acceptors (Lipinski definition) is 4. The van der Waals surface area contributed by atoms with Crippen LogP contribution in [0.1, 0.15) is 178 Å². The van der Waals surface area contributed by atoms with Gasteiger partial charge < -0.3 is 19.1 Å². The van der Waals surface area contributed by atoms with Crippen molar-refractivity contribution in [1.29, 1.82) is 0 Å².